The fraction of sp³-hybridized carbons (Fsp3) is 0.533. The number of likely N-dealkylation sites (tertiary alicyclic amines) is 1. The normalized spacial score (nSPS) is 19.0. The van der Waals surface area contributed by atoms with Gasteiger partial charge in [0.25, 0.3) is 5.91 Å². The van der Waals surface area contributed by atoms with Crippen LogP contribution in [-0.2, 0) is 6.42 Å². The van der Waals surface area contributed by atoms with Gasteiger partial charge in [-0.1, -0.05) is 6.92 Å². The molecule has 2 aromatic rings. The Bertz CT molecular complexity index is 634. The van der Waals surface area contributed by atoms with E-state index in [-0.39, 0.29) is 5.91 Å². The van der Waals surface area contributed by atoms with Gasteiger partial charge in [-0.15, -0.1) is 11.3 Å². The smallest absolute Gasteiger partial charge is 0.276 e. The second-order valence-electron chi connectivity index (χ2n) is 5.40. The molecule has 1 aliphatic heterocycles. The van der Waals surface area contributed by atoms with Gasteiger partial charge in [0.15, 0.2) is 12.1 Å². The molecule has 0 aliphatic carbocycles. The number of oxazole rings is 1. The lowest BCUT2D eigenvalue weighted by Crippen LogP contribution is -2.39. The number of hydrogen-bond acceptors (Lipinski definition) is 5. The molecule has 0 saturated carbocycles. The number of thiazole rings is 1. The standard InChI is InChI=1S/C15H19N3O2S/c1-3-12-13(16-9-20-12)15(19)18-6-4-5-11(7-18)14-17-10(2)8-21-14/h8-9,11H,3-7H2,1-2H3/t11-/m1/s1. The molecule has 1 saturated heterocycles. The van der Waals surface area contributed by atoms with E-state index in [4.69, 9.17) is 4.42 Å². The zero-order valence-electron chi connectivity index (χ0n) is 12.3. The molecule has 0 spiro atoms. The average Bonchev–Trinajstić information content (AvgIpc) is 3.15. The summed E-state index contributed by atoms with van der Waals surface area (Å²) >= 11 is 1.69. The maximum atomic E-state index is 12.6. The van der Waals surface area contributed by atoms with Crippen molar-refractivity contribution in [2.24, 2.45) is 0 Å². The van der Waals surface area contributed by atoms with E-state index in [0.717, 1.165) is 36.6 Å². The van der Waals surface area contributed by atoms with Gasteiger partial charge in [0.2, 0.25) is 0 Å². The number of amides is 1. The van der Waals surface area contributed by atoms with Gasteiger partial charge in [0.05, 0.1) is 5.01 Å². The Kier molecular flexibility index (Phi) is 4.05. The summed E-state index contributed by atoms with van der Waals surface area (Å²) in [5.74, 6) is 1.00. The average molecular weight is 305 g/mol. The van der Waals surface area contributed by atoms with E-state index in [9.17, 15) is 4.79 Å². The molecule has 0 aromatic carbocycles. The maximum absolute atomic E-state index is 12.6. The first kappa shape index (κ1) is 14.3. The van der Waals surface area contributed by atoms with Crippen molar-refractivity contribution < 1.29 is 9.21 Å². The van der Waals surface area contributed by atoms with Crippen LogP contribution in [0.25, 0.3) is 0 Å². The number of aryl methyl sites for hydroxylation is 2. The van der Waals surface area contributed by atoms with E-state index in [1.54, 1.807) is 11.3 Å². The lowest BCUT2D eigenvalue weighted by atomic mass is 9.98. The zero-order valence-corrected chi connectivity index (χ0v) is 13.2. The minimum absolute atomic E-state index is 0.0152. The number of hydrogen-bond donors (Lipinski definition) is 0. The quantitative estimate of drug-likeness (QED) is 0.874. The zero-order chi connectivity index (χ0) is 14.8. The predicted octanol–water partition coefficient (Wildman–Crippen LogP) is 3.02. The Labute approximate surface area is 128 Å². The van der Waals surface area contributed by atoms with Gasteiger partial charge in [0.1, 0.15) is 5.76 Å². The summed E-state index contributed by atoms with van der Waals surface area (Å²) in [6, 6.07) is 0. The molecule has 2 aromatic heterocycles. The first-order valence-electron chi connectivity index (χ1n) is 7.32. The molecule has 0 unspecified atom stereocenters. The fourth-order valence-corrected chi connectivity index (χ4v) is 3.69. The third kappa shape index (κ3) is 2.85. The lowest BCUT2D eigenvalue weighted by Gasteiger charge is -2.31. The van der Waals surface area contributed by atoms with Crippen molar-refractivity contribution in [3.63, 3.8) is 0 Å². The summed E-state index contributed by atoms with van der Waals surface area (Å²) in [5.41, 5.74) is 1.52. The summed E-state index contributed by atoms with van der Waals surface area (Å²) in [6.07, 6.45) is 4.15. The molecule has 6 heteroatoms. The van der Waals surface area contributed by atoms with Gasteiger partial charge >= 0.3 is 0 Å². The third-order valence-corrected chi connectivity index (χ3v) is 4.98. The van der Waals surface area contributed by atoms with Crippen LogP contribution in [0.3, 0.4) is 0 Å². The Hall–Kier alpha value is -1.69. The number of nitrogens with zero attached hydrogens (tertiary/aromatic N) is 3. The molecule has 5 nitrogen and oxygen atoms in total. The highest BCUT2D eigenvalue weighted by Crippen LogP contribution is 2.30. The second kappa shape index (κ2) is 5.97. The van der Waals surface area contributed by atoms with Gasteiger partial charge in [-0.2, -0.15) is 0 Å². The highest BCUT2D eigenvalue weighted by Gasteiger charge is 2.29. The van der Waals surface area contributed by atoms with E-state index >= 15 is 0 Å². The Balaban J connectivity index is 1.75. The van der Waals surface area contributed by atoms with Gasteiger partial charge in [-0.3, -0.25) is 4.79 Å². The molecular formula is C15H19N3O2S. The van der Waals surface area contributed by atoms with Crippen LogP contribution in [0, 0.1) is 6.92 Å². The molecular weight excluding hydrogens is 286 g/mol. The third-order valence-electron chi connectivity index (χ3n) is 3.86. The predicted molar refractivity (Wildman–Crippen MR) is 80.6 cm³/mol. The molecule has 0 N–H and O–H groups in total. The molecule has 21 heavy (non-hydrogen) atoms. The highest BCUT2D eigenvalue weighted by molar-refractivity contribution is 7.09. The summed E-state index contributed by atoms with van der Waals surface area (Å²) in [4.78, 5) is 23.2. The van der Waals surface area contributed by atoms with Crippen molar-refractivity contribution in [1.82, 2.24) is 14.9 Å². The van der Waals surface area contributed by atoms with Crippen LogP contribution in [-0.4, -0.2) is 33.9 Å². The van der Waals surface area contributed by atoms with E-state index in [0.29, 0.717) is 23.8 Å². The SMILES string of the molecule is CCc1ocnc1C(=O)N1CCC[C@@H](c2nc(C)cs2)C1. The highest BCUT2D eigenvalue weighted by atomic mass is 32.1. The van der Waals surface area contributed by atoms with Crippen molar-refractivity contribution in [3.8, 4) is 0 Å². The summed E-state index contributed by atoms with van der Waals surface area (Å²) in [6.45, 7) is 5.49. The monoisotopic (exact) mass is 305 g/mol. The van der Waals surface area contributed by atoms with Crippen LogP contribution < -0.4 is 0 Å². The molecule has 3 heterocycles. The van der Waals surface area contributed by atoms with Crippen molar-refractivity contribution in [2.45, 2.75) is 39.0 Å². The molecule has 0 radical (unpaired) electrons. The van der Waals surface area contributed by atoms with E-state index < -0.39 is 0 Å². The molecule has 3 rings (SSSR count). The van der Waals surface area contributed by atoms with Crippen LogP contribution >= 0.6 is 11.3 Å². The number of piperidine rings is 1. The molecule has 112 valence electrons. The number of carbonyl (C=O) groups excluding carboxylic acids is 1. The van der Waals surface area contributed by atoms with Crippen LogP contribution in [0.15, 0.2) is 16.2 Å². The van der Waals surface area contributed by atoms with Crippen molar-refractivity contribution in [2.75, 3.05) is 13.1 Å². The fourth-order valence-electron chi connectivity index (χ4n) is 2.77. The Morgan fingerprint density at radius 2 is 2.43 bits per heavy atom. The minimum atomic E-state index is -0.0152. The maximum Gasteiger partial charge on any atom is 0.276 e. The number of aromatic nitrogens is 2. The summed E-state index contributed by atoms with van der Waals surface area (Å²) in [5, 5.41) is 3.21. The van der Waals surface area contributed by atoms with E-state index in [2.05, 4.69) is 15.3 Å². The Morgan fingerprint density at radius 1 is 1.57 bits per heavy atom. The Morgan fingerprint density at radius 3 is 3.14 bits per heavy atom. The first-order valence-corrected chi connectivity index (χ1v) is 8.20. The van der Waals surface area contributed by atoms with E-state index in [1.165, 1.54) is 6.39 Å². The van der Waals surface area contributed by atoms with Crippen LogP contribution in [0.5, 0.6) is 0 Å². The van der Waals surface area contributed by atoms with Crippen molar-refractivity contribution >= 4 is 17.2 Å². The van der Waals surface area contributed by atoms with Crippen LogP contribution in [0.4, 0.5) is 0 Å². The van der Waals surface area contributed by atoms with Crippen molar-refractivity contribution in [1.29, 1.82) is 0 Å². The van der Waals surface area contributed by atoms with E-state index in [1.807, 2.05) is 18.7 Å². The molecule has 0 bridgehead atoms. The van der Waals surface area contributed by atoms with Gasteiger partial charge < -0.3 is 9.32 Å². The first-order chi connectivity index (χ1) is 10.2. The van der Waals surface area contributed by atoms with Gasteiger partial charge in [0, 0.05) is 36.5 Å². The molecule has 1 fully saturated rings. The summed E-state index contributed by atoms with van der Waals surface area (Å²) < 4.78 is 5.27. The number of carbonyl (C=O) groups is 1. The number of rotatable bonds is 3. The summed E-state index contributed by atoms with van der Waals surface area (Å²) in [7, 11) is 0. The minimum Gasteiger partial charge on any atom is -0.448 e. The van der Waals surface area contributed by atoms with Gasteiger partial charge in [-0.25, -0.2) is 9.97 Å². The lowest BCUT2D eigenvalue weighted by molar-refractivity contribution is 0.0699. The largest absolute Gasteiger partial charge is 0.448 e. The van der Waals surface area contributed by atoms with Crippen LogP contribution in [0.1, 0.15) is 52.6 Å². The van der Waals surface area contributed by atoms with Crippen molar-refractivity contribution in [3.05, 3.63) is 33.9 Å². The topological polar surface area (TPSA) is 59.2 Å². The molecule has 1 amide bonds. The second-order valence-corrected chi connectivity index (χ2v) is 6.28. The van der Waals surface area contributed by atoms with Crippen LogP contribution in [0.2, 0.25) is 0 Å². The molecule has 1 atom stereocenters. The van der Waals surface area contributed by atoms with Gasteiger partial charge in [-0.05, 0) is 19.8 Å². The molecule has 1 aliphatic rings.